The highest BCUT2D eigenvalue weighted by molar-refractivity contribution is 7.80. The van der Waals surface area contributed by atoms with Gasteiger partial charge in [-0.05, 0) is 48.8 Å². The van der Waals surface area contributed by atoms with Crippen LogP contribution in [0, 0.1) is 17.7 Å². The Balaban J connectivity index is 1.18. The lowest BCUT2D eigenvalue weighted by molar-refractivity contribution is -0.272. The Morgan fingerprint density at radius 1 is 1.11 bits per heavy atom. The van der Waals surface area contributed by atoms with Crippen LogP contribution in [0.25, 0.3) is 10.2 Å². The summed E-state index contributed by atoms with van der Waals surface area (Å²) in [6.07, 6.45) is -3.75. The number of carbonyl (C=O) groups is 1. The van der Waals surface area contributed by atoms with Gasteiger partial charge < -0.3 is 20.5 Å². The Hall–Kier alpha value is -4.09. The maximum atomic E-state index is 15.0. The number of ether oxygens (including phenoxy) is 1. The summed E-state index contributed by atoms with van der Waals surface area (Å²) in [5.74, 6) is 5.36. The molecule has 0 bridgehead atoms. The topological polar surface area (TPSA) is 86.7 Å². The zero-order valence-corrected chi connectivity index (χ0v) is 24.7. The molecule has 0 saturated carbocycles. The lowest BCUT2D eigenvalue weighted by Gasteiger charge is -2.38. The molecule has 2 aromatic carbocycles. The highest BCUT2D eigenvalue weighted by Crippen LogP contribution is 2.38. The maximum Gasteiger partial charge on any atom is 0.417 e. The molecule has 0 radical (unpaired) electrons. The summed E-state index contributed by atoms with van der Waals surface area (Å²) in [5.41, 5.74) is -0.890. The van der Waals surface area contributed by atoms with E-state index in [1.807, 2.05) is 30.3 Å². The smallest absolute Gasteiger partial charge is 0.417 e. The molecule has 3 heterocycles. The molecule has 1 aliphatic heterocycles. The molecule has 44 heavy (non-hydrogen) atoms. The highest BCUT2D eigenvalue weighted by atomic mass is 32.1. The number of fused-ring (bicyclic) bond motifs is 1. The number of halogens is 4. The zero-order chi connectivity index (χ0) is 31.3. The monoisotopic (exact) mass is 642 g/mol. The van der Waals surface area contributed by atoms with Gasteiger partial charge in [0.15, 0.2) is 22.3 Å². The minimum atomic E-state index is -4.65. The van der Waals surface area contributed by atoms with E-state index in [0.29, 0.717) is 26.5 Å². The second kappa shape index (κ2) is 13.3. The number of piperidine rings is 1. The van der Waals surface area contributed by atoms with E-state index in [2.05, 4.69) is 27.5 Å². The van der Waals surface area contributed by atoms with E-state index >= 15 is 0 Å². The van der Waals surface area contributed by atoms with Crippen LogP contribution in [0.4, 0.5) is 23.2 Å². The van der Waals surface area contributed by atoms with E-state index in [1.54, 1.807) is 23.1 Å². The summed E-state index contributed by atoms with van der Waals surface area (Å²) >= 11 is 6.48. The van der Waals surface area contributed by atoms with E-state index in [9.17, 15) is 27.5 Å². The van der Waals surface area contributed by atoms with Crippen LogP contribution in [0.15, 0.2) is 66.9 Å². The number of rotatable bonds is 6. The number of alkyl halides is 3. The van der Waals surface area contributed by atoms with Crippen LogP contribution >= 0.6 is 23.6 Å². The number of aliphatic hydroxyl groups is 1. The fourth-order valence-corrected chi connectivity index (χ4v) is 5.73. The summed E-state index contributed by atoms with van der Waals surface area (Å²) < 4.78 is 60.6. The average molecular weight is 643 g/mol. The molecule has 0 unspecified atom stereocenters. The number of anilines is 1. The lowest BCUT2D eigenvalue weighted by atomic mass is 9.91. The molecule has 1 fully saturated rings. The largest absolute Gasteiger partial charge is 0.453 e. The second-order valence-corrected chi connectivity index (χ2v) is 11.6. The van der Waals surface area contributed by atoms with Gasteiger partial charge in [0.25, 0.3) is 0 Å². The normalized spacial score (nSPS) is 14.8. The number of amides is 1. The van der Waals surface area contributed by atoms with Crippen LogP contribution in [0.3, 0.4) is 0 Å². The number of likely N-dealkylation sites (tertiary alicyclic amines) is 1. The molecule has 1 aliphatic rings. The molecule has 1 amide bonds. The quantitative estimate of drug-likeness (QED) is 0.135. The number of nitrogens with zero attached hydrogens (tertiary/aromatic N) is 2. The van der Waals surface area contributed by atoms with Crippen molar-refractivity contribution in [2.24, 2.45) is 0 Å². The molecule has 5 rings (SSSR count). The standard InChI is InChI=1S/C31H26F4N4O3S2/c32-23-18-21(37-29(43)38-27(40)17-20-5-2-1-3-6-20)8-9-25(23)42-26-10-13-36-24-19-22(44-28(24)26)7-4-14-39-15-11-30(41,12-16-39)31(33,34)35/h1-3,5-6,8-10,13,18-19,41H,11-12,14-17H2,(H2,37,38,40,43). The zero-order valence-electron chi connectivity index (χ0n) is 23.1. The number of hydrogen-bond acceptors (Lipinski definition) is 7. The number of carbonyl (C=O) groups excluding carboxylic acids is 1. The van der Waals surface area contributed by atoms with Crippen LogP contribution < -0.4 is 15.4 Å². The summed E-state index contributed by atoms with van der Waals surface area (Å²) in [4.78, 5) is 19.0. The number of thiophene rings is 1. The number of hydrogen-bond donors (Lipinski definition) is 3. The van der Waals surface area contributed by atoms with Gasteiger partial charge in [-0.3, -0.25) is 14.7 Å². The van der Waals surface area contributed by atoms with Gasteiger partial charge in [-0.25, -0.2) is 4.39 Å². The van der Waals surface area contributed by atoms with E-state index < -0.39 is 30.4 Å². The third kappa shape index (κ3) is 7.70. The molecule has 228 valence electrons. The van der Waals surface area contributed by atoms with Gasteiger partial charge in [0.05, 0.1) is 28.1 Å². The molecule has 0 spiro atoms. The first kappa shape index (κ1) is 31.3. The lowest BCUT2D eigenvalue weighted by Crippen LogP contribution is -2.53. The Bertz CT molecular complexity index is 1730. The molecular formula is C31H26F4N4O3S2. The van der Waals surface area contributed by atoms with Crippen molar-refractivity contribution in [3.63, 3.8) is 0 Å². The number of nitrogens with one attached hydrogen (secondary N) is 2. The summed E-state index contributed by atoms with van der Waals surface area (Å²) in [5, 5.41) is 15.2. The molecule has 3 N–H and O–H groups in total. The molecule has 0 atom stereocenters. The van der Waals surface area contributed by atoms with Crippen LogP contribution in [0.2, 0.25) is 0 Å². The summed E-state index contributed by atoms with van der Waals surface area (Å²) in [6, 6.07) is 16.7. The van der Waals surface area contributed by atoms with Gasteiger partial charge >= 0.3 is 6.18 Å². The number of thiocarbonyl (C=S) groups is 1. The number of pyridine rings is 1. The molecule has 2 aromatic heterocycles. The molecule has 4 aromatic rings. The number of benzene rings is 2. The van der Waals surface area contributed by atoms with Crippen molar-refractivity contribution < 1.29 is 32.2 Å². The van der Waals surface area contributed by atoms with Crippen molar-refractivity contribution in [3.8, 4) is 23.3 Å². The van der Waals surface area contributed by atoms with Gasteiger partial charge in [-0.2, -0.15) is 13.2 Å². The van der Waals surface area contributed by atoms with E-state index in [0.717, 1.165) is 5.56 Å². The molecule has 1 saturated heterocycles. The molecule has 7 nitrogen and oxygen atoms in total. The van der Waals surface area contributed by atoms with Crippen molar-refractivity contribution >= 4 is 50.5 Å². The van der Waals surface area contributed by atoms with Crippen molar-refractivity contribution in [1.82, 2.24) is 15.2 Å². The predicted molar refractivity (Wildman–Crippen MR) is 164 cm³/mol. The minimum absolute atomic E-state index is 0.0326. The average Bonchev–Trinajstić information content (AvgIpc) is 3.39. The molecule has 0 aliphatic carbocycles. The first-order chi connectivity index (χ1) is 21.0. The van der Waals surface area contributed by atoms with E-state index in [4.69, 9.17) is 17.0 Å². The first-order valence-electron chi connectivity index (χ1n) is 13.5. The van der Waals surface area contributed by atoms with Gasteiger partial charge in [0, 0.05) is 37.1 Å². The summed E-state index contributed by atoms with van der Waals surface area (Å²) in [6.45, 7) is 0.432. The van der Waals surface area contributed by atoms with Gasteiger partial charge in [-0.15, -0.1) is 11.3 Å². The number of aromatic nitrogens is 1. The van der Waals surface area contributed by atoms with Gasteiger partial charge in [-0.1, -0.05) is 42.2 Å². The van der Waals surface area contributed by atoms with Crippen LogP contribution in [-0.2, 0) is 11.2 Å². The highest BCUT2D eigenvalue weighted by Gasteiger charge is 2.54. The van der Waals surface area contributed by atoms with Crippen molar-refractivity contribution in [3.05, 3.63) is 83.1 Å². The predicted octanol–water partition coefficient (Wildman–Crippen LogP) is 6.02. The fourth-order valence-electron chi connectivity index (χ4n) is 4.55. The van der Waals surface area contributed by atoms with Crippen LogP contribution in [0.1, 0.15) is 23.3 Å². The van der Waals surface area contributed by atoms with Gasteiger partial charge in [0.2, 0.25) is 5.91 Å². The van der Waals surface area contributed by atoms with Crippen molar-refractivity contribution in [2.45, 2.75) is 31.0 Å². The van der Waals surface area contributed by atoms with Crippen LogP contribution in [0.5, 0.6) is 11.5 Å². The van der Waals surface area contributed by atoms with Gasteiger partial charge in [0.1, 0.15) is 5.75 Å². The summed E-state index contributed by atoms with van der Waals surface area (Å²) in [7, 11) is 0. The first-order valence-corrected chi connectivity index (χ1v) is 14.7. The fraction of sp³-hybridized carbons (Fsp3) is 0.258. The second-order valence-electron chi connectivity index (χ2n) is 10.2. The molecular weight excluding hydrogens is 616 g/mol. The SMILES string of the molecule is O=C(Cc1ccccc1)NC(=S)Nc1ccc(Oc2ccnc3cc(C#CCN4CCC(O)(C(F)(F)F)CC4)sc23)c(F)c1. The Labute approximate surface area is 259 Å². The Morgan fingerprint density at radius 3 is 2.57 bits per heavy atom. The van der Waals surface area contributed by atoms with E-state index in [-0.39, 0.29) is 42.8 Å². The third-order valence-corrected chi connectivity index (χ3v) is 8.23. The van der Waals surface area contributed by atoms with E-state index in [1.165, 1.54) is 29.7 Å². The minimum Gasteiger partial charge on any atom is -0.453 e. The van der Waals surface area contributed by atoms with Crippen molar-refractivity contribution in [1.29, 1.82) is 0 Å². The third-order valence-electron chi connectivity index (χ3n) is 6.97. The Morgan fingerprint density at radius 2 is 1.86 bits per heavy atom. The van der Waals surface area contributed by atoms with Crippen molar-refractivity contribution in [2.75, 3.05) is 25.0 Å². The van der Waals surface area contributed by atoms with Crippen LogP contribution in [-0.4, -0.2) is 57.4 Å². The maximum absolute atomic E-state index is 15.0. The molecule has 13 heteroatoms. The Kier molecular flexibility index (Phi) is 9.45.